The first-order valence-corrected chi connectivity index (χ1v) is 21.7. The minimum absolute atomic E-state index is 0.173. The Hall–Kier alpha value is -4.80. The van der Waals surface area contributed by atoms with E-state index in [1.54, 1.807) is 12.1 Å². The van der Waals surface area contributed by atoms with Crippen molar-refractivity contribution in [2.24, 2.45) is 0 Å². The van der Waals surface area contributed by atoms with E-state index in [2.05, 4.69) is 129 Å². The average Bonchev–Trinajstić information content (AvgIpc) is 3.65. The summed E-state index contributed by atoms with van der Waals surface area (Å²) in [5.41, 5.74) is 11.0. The van der Waals surface area contributed by atoms with E-state index in [1.807, 2.05) is 18.2 Å². The number of nitrogens with zero attached hydrogens (tertiary/aromatic N) is 1. The van der Waals surface area contributed by atoms with Crippen LogP contribution in [0.5, 0.6) is 0 Å². The van der Waals surface area contributed by atoms with E-state index in [4.69, 9.17) is 0 Å². The SMILES string of the molecule is CC1(C)c2ccccc2C2(c3ccccc31)c1cc(C=C3C(=O)c4ccccc4C3=O)[se]c1N1c3ccccc3[Si](C)(C)c3cccc2c31. The number of allylic oxidation sites excluding steroid dienone is 1. The summed E-state index contributed by atoms with van der Waals surface area (Å²) in [6.45, 7) is 9.69. The molecule has 0 fully saturated rings. The van der Waals surface area contributed by atoms with Gasteiger partial charge in [-0.25, -0.2) is 0 Å². The van der Waals surface area contributed by atoms with Crippen molar-refractivity contribution in [3.8, 4) is 0 Å². The van der Waals surface area contributed by atoms with Crippen LogP contribution in [-0.2, 0) is 10.8 Å². The van der Waals surface area contributed by atoms with Crippen LogP contribution in [0.2, 0.25) is 13.1 Å². The molecule has 0 N–H and O–H groups in total. The fourth-order valence-electron chi connectivity index (χ4n) is 9.44. The van der Waals surface area contributed by atoms with Crippen molar-refractivity contribution >= 4 is 66.5 Å². The van der Waals surface area contributed by atoms with Crippen LogP contribution in [0.25, 0.3) is 6.08 Å². The summed E-state index contributed by atoms with van der Waals surface area (Å²) in [6.07, 6.45) is 1.92. The van der Waals surface area contributed by atoms with Crippen LogP contribution in [0.1, 0.15) is 72.4 Å². The van der Waals surface area contributed by atoms with E-state index >= 15 is 0 Å². The van der Waals surface area contributed by atoms with Gasteiger partial charge in [0.1, 0.15) is 0 Å². The summed E-state index contributed by atoms with van der Waals surface area (Å²) < 4.78 is 2.34. The second-order valence-corrected chi connectivity index (χ2v) is 21.3. The van der Waals surface area contributed by atoms with Crippen LogP contribution in [0.4, 0.5) is 15.9 Å². The molecule has 0 bridgehead atoms. The summed E-state index contributed by atoms with van der Waals surface area (Å²) in [5, 5.41) is 2.89. The van der Waals surface area contributed by atoms with Crippen molar-refractivity contribution in [3.05, 3.63) is 176 Å². The number of fused-ring (bicyclic) bond motifs is 11. The van der Waals surface area contributed by atoms with Gasteiger partial charge < -0.3 is 0 Å². The van der Waals surface area contributed by atoms with E-state index < -0.39 is 13.5 Å². The molecule has 0 saturated carbocycles. The number of ketones is 2. The molecule has 0 radical (unpaired) electrons. The third-order valence-electron chi connectivity index (χ3n) is 11.7. The van der Waals surface area contributed by atoms with Gasteiger partial charge in [0.25, 0.3) is 0 Å². The molecule has 2 aliphatic carbocycles. The van der Waals surface area contributed by atoms with Crippen LogP contribution >= 0.6 is 0 Å². The molecule has 0 amide bonds. The summed E-state index contributed by atoms with van der Waals surface area (Å²) in [6, 6.07) is 43.7. The van der Waals surface area contributed by atoms with Gasteiger partial charge >= 0.3 is 295 Å². The molecule has 4 aliphatic rings. The van der Waals surface area contributed by atoms with Gasteiger partial charge in [-0.2, -0.15) is 0 Å². The quantitative estimate of drug-likeness (QED) is 0.0980. The molecule has 6 aromatic rings. The normalized spacial score (nSPS) is 17.9. The second-order valence-electron chi connectivity index (χ2n) is 14.8. The van der Waals surface area contributed by atoms with Crippen LogP contribution < -0.4 is 15.3 Å². The number of hydrogen-bond donors (Lipinski definition) is 0. The Morgan fingerprint density at radius 3 is 1.80 bits per heavy atom. The van der Waals surface area contributed by atoms with Gasteiger partial charge in [0.05, 0.1) is 0 Å². The zero-order chi connectivity index (χ0) is 33.4. The fraction of sp³-hybridized carbons (Fsp3) is 0.136. The standard InChI is InChI=1S/C44H33NO2SeSi/c1-43(2)30-16-7-9-18-32(30)44(33-19-10-8-17-31(33)43)34-20-13-23-38-39(34)45(36-21-11-12-22-37(36)49(38,3)4)42-35(44)25-26(48-42)24-29-40(46)27-14-5-6-15-28(27)41(29)47/h5-25H,1-4H3. The van der Waals surface area contributed by atoms with Crippen LogP contribution in [0.3, 0.4) is 0 Å². The topological polar surface area (TPSA) is 37.4 Å². The summed E-state index contributed by atoms with van der Waals surface area (Å²) in [5.74, 6) is -0.345. The number of benzene rings is 5. The Morgan fingerprint density at radius 1 is 0.612 bits per heavy atom. The second kappa shape index (κ2) is 9.67. The Balaban J connectivity index is 1.35. The van der Waals surface area contributed by atoms with Crippen LogP contribution in [0.15, 0.2) is 127 Å². The van der Waals surface area contributed by atoms with Crippen molar-refractivity contribution in [1.29, 1.82) is 0 Å². The molecule has 2 aliphatic heterocycles. The molecular weight excluding hydrogens is 682 g/mol. The van der Waals surface area contributed by atoms with E-state index in [0.29, 0.717) is 11.1 Å². The Labute approximate surface area is 293 Å². The number of anilines is 3. The molecule has 49 heavy (non-hydrogen) atoms. The Morgan fingerprint density at radius 2 is 1.14 bits per heavy atom. The predicted octanol–water partition coefficient (Wildman–Crippen LogP) is 8.15. The maximum absolute atomic E-state index is 13.7. The monoisotopic (exact) mass is 715 g/mol. The van der Waals surface area contributed by atoms with Crippen LogP contribution in [0, 0.1) is 0 Å². The van der Waals surface area contributed by atoms with Crippen molar-refractivity contribution in [3.63, 3.8) is 0 Å². The molecule has 0 unspecified atom stereocenters. The Bertz CT molecular complexity index is 2430. The molecule has 0 atom stereocenters. The Kier molecular flexibility index (Phi) is 5.75. The van der Waals surface area contributed by atoms with Gasteiger partial charge in [-0.05, 0) is 0 Å². The number of rotatable bonds is 1. The van der Waals surface area contributed by atoms with E-state index in [-0.39, 0.29) is 37.1 Å². The summed E-state index contributed by atoms with van der Waals surface area (Å²) in [4.78, 5) is 29.9. The maximum atomic E-state index is 13.7. The first-order valence-electron chi connectivity index (χ1n) is 16.9. The van der Waals surface area contributed by atoms with Gasteiger partial charge in [-0.3, -0.25) is 0 Å². The van der Waals surface area contributed by atoms with Gasteiger partial charge in [0, 0.05) is 0 Å². The van der Waals surface area contributed by atoms with E-state index in [0.717, 1.165) is 4.44 Å². The van der Waals surface area contributed by atoms with Gasteiger partial charge in [0.15, 0.2) is 0 Å². The van der Waals surface area contributed by atoms with Crippen LogP contribution in [-0.4, -0.2) is 34.1 Å². The molecule has 236 valence electrons. The molecule has 3 nitrogen and oxygen atoms in total. The number of para-hydroxylation sites is 2. The van der Waals surface area contributed by atoms with Gasteiger partial charge in [-0.15, -0.1) is 0 Å². The number of carbonyl (C=O) groups excluding carboxylic acids is 2. The summed E-state index contributed by atoms with van der Waals surface area (Å²) in [7, 11) is -2.10. The molecule has 5 heteroatoms. The van der Waals surface area contributed by atoms with Gasteiger partial charge in [0.2, 0.25) is 0 Å². The average molecular weight is 715 g/mol. The molecular formula is C44H33NO2SeSi. The zero-order valence-electron chi connectivity index (χ0n) is 27.8. The van der Waals surface area contributed by atoms with Crippen molar-refractivity contribution in [2.45, 2.75) is 37.8 Å². The number of carbonyl (C=O) groups is 2. The predicted molar refractivity (Wildman–Crippen MR) is 202 cm³/mol. The number of hydrogen-bond acceptors (Lipinski definition) is 3. The molecule has 0 saturated heterocycles. The zero-order valence-corrected chi connectivity index (χ0v) is 30.5. The molecule has 10 rings (SSSR count). The van der Waals surface area contributed by atoms with Crippen molar-refractivity contribution in [1.82, 2.24) is 0 Å². The molecule has 1 aromatic heterocycles. The fourth-order valence-corrected chi connectivity index (χ4v) is 14.9. The molecule has 5 aromatic carbocycles. The van der Waals surface area contributed by atoms with Crippen molar-refractivity contribution < 1.29 is 9.59 Å². The van der Waals surface area contributed by atoms with E-state index in [9.17, 15) is 9.59 Å². The molecule has 1 spiro atoms. The third-order valence-corrected chi connectivity index (χ3v) is 17.5. The van der Waals surface area contributed by atoms with Gasteiger partial charge in [-0.1, -0.05) is 0 Å². The first kappa shape index (κ1) is 29.1. The van der Waals surface area contributed by atoms with Crippen molar-refractivity contribution in [2.75, 3.05) is 4.90 Å². The minimum atomic E-state index is -2.10. The molecule has 3 heterocycles. The van der Waals surface area contributed by atoms with E-state index in [1.165, 1.54) is 59.7 Å². The first-order chi connectivity index (χ1) is 23.7. The summed E-state index contributed by atoms with van der Waals surface area (Å²) >= 11 is -0.178. The number of Topliss-reactive ketones (excluding diaryl/α,β-unsaturated/α-hetero) is 2. The third kappa shape index (κ3) is 3.48.